The van der Waals surface area contributed by atoms with Gasteiger partial charge in [-0.25, -0.2) is 4.39 Å². The van der Waals surface area contributed by atoms with Crippen LogP contribution in [0.5, 0.6) is 5.75 Å². The lowest BCUT2D eigenvalue weighted by molar-refractivity contribution is -0.131. The zero-order valence-corrected chi connectivity index (χ0v) is 18.6. The van der Waals surface area contributed by atoms with Crippen molar-refractivity contribution >= 4 is 11.6 Å². The summed E-state index contributed by atoms with van der Waals surface area (Å²) >= 11 is 0. The van der Waals surface area contributed by atoms with E-state index in [-0.39, 0.29) is 17.4 Å². The van der Waals surface area contributed by atoms with Crippen LogP contribution in [-0.2, 0) is 15.1 Å². The molecule has 1 aliphatic rings. The van der Waals surface area contributed by atoms with Crippen molar-refractivity contribution in [3.05, 3.63) is 53.4 Å². The fraction of sp³-hybridized carbons (Fsp3) is 0.478. The van der Waals surface area contributed by atoms with Gasteiger partial charge in [-0.05, 0) is 44.9 Å². The SMILES string of the molecule is COc1c([C@@H]2[C@@H](C(=O)Nc3ccnc(C(C)(O)CO)c3)OC(C)(C)[C@@H]2C)ccc(F)c1F. The standard InChI is InChI=1S/C23H28F2N2O5/c1-12-17(14-6-7-15(24)18(25)19(14)31-5)20(32-22(12,2)3)21(29)27-13-8-9-26-16(10-13)23(4,30)11-28/h6-10,12,17,20,28,30H,11H2,1-5H3,(H,26,27,29)/t12-,17-,20+,23?/m1/s1. The number of anilines is 1. The zero-order chi connectivity index (χ0) is 23.8. The van der Waals surface area contributed by atoms with Crippen LogP contribution in [0.3, 0.4) is 0 Å². The smallest absolute Gasteiger partial charge is 0.254 e. The number of hydrogen-bond acceptors (Lipinski definition) is 6. The quantitative estimate of drug-likeness (QED) is 0.625. The van der Waals surface area contributed by atoms with Gasteiger partial charge in [0.1, 0.15) is 11.7 Å². The molecule has 0 aliphatic carbocycles. The van der Waals surface area contributed by atoms with E-state index in [1.54, 1.807) is 0 Å². The van der Waals surface area contributed by atoms with Crippen LogP contribution < -0.4 is 10.1 Å². The number of carbonyl (C=O) groups excluding carboxylic acids is 1. The second-order valence-corrected chi connectivity index (χ2v) is 8.79. The molecule has 0 radical (unpaired) electrons. The first-order chi connectivity index (χ1) is 14.9. The molecule has 1 aromatic carbocycles. The predicted octanol–water partition coefficient (Wildman–Crippen LogP) is 3.10. The summed E-state index contributed by atoms with van der Waals surface area (Å²) in [5, 5.41) is 22.3. The van der Waals surface area contributed by atoms with Crippen molar-refractivity contribution in [2.24, 2.45) is 5.92 Å². The number of halogens is 2. The number of nitrogens with one attached hydrogen (secondary N) is 1. The summed E-state index contributed by atoms with van der Waals surface area (Å²) in [4.78, 5) is 17.3. The monoisotopic (exact) mass is 450 g/mol. The number of ether oxygens (including phenoxy) is 2. The molecule has 0 spiro atoms. The lowest BCUT2D eigenvalue weighted by atomic mass is 9.78. The lowest BCUT2D eigenvalue weighted by Crippen LogP contribution is -2.33. The number of amides is 1. The Morgan fingerprint density at radius 2 is 2.03 bits per heavy atom. The van der Waals surface area contributed by atoms with Crippen LogP contribution >= 0.6 is 0 Å². The van der Waals surface area contributed by atoms with E-state index >= 15 is 0 Å². The normalized spacial score (nSPS) is 24.1. The summed E-state index contributed by atoms with van der Waals surface area (Å²) in [5.41, 5.74) is -1.46. The molecule has 0 saturated carbocycles. The van der Waals surface area contributed by atoms with Crippen molar-refractivity contribution < 1.29 is 33.3 Å². The van der Waals surface area contributed by atoms with E-state index in [1.165, 1.54) is 38.4 Å². The molecule has 1 fully saturated rings. The van der Waals surface area contributed by atoms with Crippen molar-refractivity contribution in [1.82, 2.24) is 4.98 Å². The van der Waals surface area contributed by atoms with Crippen molar-refractivity contribution in [2.75, 3.05) is 19.0 Å². The Hall–Kier alpha value is -2.62. The summed E-state index contributed by atoms with van der Waals surface area (Å²) in [6.07, 6.45) is 0.376. The molecule has 3 rings (SSSR count). The topological polar surface area (TPSA) is 101 Å². The highest BCUT2D eigenvalue weighted by atomic mass is 19.2. The third kappa shape index (κ3) is 4.32. The number of carbonyl (C=O) groups is 1. The maximum Gasteiger partial charge on any atom is 0.254 e. The van der Waals surface area contributed by atoms with Gasteiger partial charge >= 0.3 is 0 Å². The van der Waals surface area contributed by atoms with Gasteiger partial charge in [0.25, 0.3) is 5.91 Å². The van der Waals surface area contributed by atoms with Gasteiger partial charge in [0, 0.05) is 23.4 Å². The molecule has 1 aromatic heterocycles. The molecule has 32 heavy (non-hydrogen) atoms. The van der Waals surface area contributed by atoms with E-state index in [0.717, 1.165) is 6.07 Å². The van der Waals surface area contributed by atoms with Crippen LogP contribution in [0.25, 0.3) is 0 Å². The van der Waals surface area contributed by atoms with Gasteiger partial charge in [-0.15, -0.1) is 0 Å². The second kappa shape index (κ2) is 8.73. The Morgan fingerprint density at radius 1 is 1.34 bits per heavy atom. The number of aliphatic hydroxyl groups is 2. The maximum absolute atomic E-state index is 14.4. The molecule has 4 atom stereocenters. The van der Waals surface area contributed by atoms with E-state index in [4.69, 9.17) is 9.47 Å². The van der Waals surface area contributed by atoms with Crippen LogP contribution in [0.1, 0.15) is 44.9 Å². The second-order valence-electron chi connectivity index (χ2n) is 8.79. The van der Waals surface area contributed by atoms with Crippen molar-refractivity contribution in [3.63, 3.8) is 0 Å². The number of methoxy groups -OCH3 is 1. The van der Waals surface area contributed by atoms with Gasteiger partial charge < -0.3 is 25.0 Å². The van der Waals surface area contributed by atoms with E-state index < -0.39 is 47.4 Å². The predicted molar refractivity (Wildman–Crippen MR) is 113 cm³/mol. The fourth-order valence-corrected chi connectivity index (χ4v) is 3.97. The van der Waals surface area contributed by atoms with E-state index in [9.17, 15) is 23.8 Å². The summed E-state index contributed by atoms with van der Waals surface area (Å²) < 4.78 is 39.4. The van der Waals surface area contributed by atoms with Crippen molar-refractivity contribution in [1.29, 1.82) is 0 Å². The third-order valence-corrected chi connectivity index (χ3v) is 6.18. The molecule has 9 heteroatoms. The molecule has 1 unspecified atom stereocenters. The van der Waals surface area contributed by atoms with E-state index in [2.05, 4.69) is 10.3 Å². The zero-order valence-electron chi connectivity index (χ0n) is 18.6. The summed E-state index contributed by atoms with van der Waals surface area (Å²) in [7, 11) is 1.24. The Balaban J connectivity index is 1.97. The number of hydrogen-bond donors (Lipinski definition) is 3. The van der Waals surface area contributed by atoms with Gasteiger partial charge in [-0.3, -0.25) is 9.78 Å². The summed E-state index contributed by atoms with van der Waals surface area (Å²) in [6.45, 7) is 6.38. The Labute approximate surface area is 185 Å². The Morgan fingerprint density at radius 3 is 2.66 bits per heavy atom. The van der Waals surface area contributed by atoms with E-state index in [0.29, 0.717) is 11.3 Å². The van der Waals surface area contributed by atoms with Crippen molar-refractivity contribution in [3.8, 4) is 5.75 Å². The number of aliphatic hydroxyl groups excluding tert-OH is 1. The van der Waals surface area contributed by atoms with Gasteiger partial charge in [0.2, 0.25) is 5.82 Å². The molecule has 1 aliphatic heterocycles. The molecule has 0 bridgehead atoms. The molecule has 2 aromatic rings. The molecular formula is C23H28F2N2O5. The summed E-state index contributed by atoms with van der Waals surface area (Å²) in [5.74, 6) is -3.77. The highest BCUT2D eigenvalue weighted by Crippen LogP contribution is 2.49. The molecule has 174 valence electrons. The number of nitrogens with zero attached hydrogens (tertiary/aromatic N) is 1. The molecule has 2 heterocycles. The van der Waals surface area contributed by atoms with Crippen LogP contribution in [-0.4, -0.2) is 46.5 Å². The lowest BCUT2D eigenvalue weighted by Gasteiger charge is -2.26. The van der Waals surface area contributed by atoms with Crippen LogP contribution in [0, 0.1) is 17.6 Å². The maximum atomic E-state index is 14.4. The molecule has 3 N–H and O–H groups in total. The Kier molecular flexibility index (Phi) is 6.55. The highest BCUT2D eigenvalue weighted by Gasteiger charge is 2.51. The van der Waals surface area contributed by atoms with Gasteiger partial charge in [-0.2, -0.15) is 4.39 Å². The number of rotatable bonds is 6. The molecule has 7 nitrogen and oxygen atoms in total. The average molecular weight is 450 g/mol. The average Bonchev–Trinajstić information content (AvgIpc) is 2.99. The van der Waals surface area contributed by atoms with E-state index in [1.807, 2.05) is 20.8 Å². The van der Waals surface area contributed by atoms with Crippen LogP contribution in [0.2, 0.25) is 0 Å². The minimum atomic E-state index is -1.58. The van der Waals surface area contributed by atoms with Crippen molar-refractivity contribution in [2.45, 2.75) is 50.9 Å². The van der Waals surface area contributed by atoms with Crippen LogP contribution in [0.4, 0.5) is 14.5 Å². The number of benzene rings is 1. The van der Waals surface area contributed by atoms with Gasteiger partial charge in [0.05, 0.1) is 25.0 Å². The molecule has 1 saturated heterocycles. The number of aromatic nitrogens is 1. The Bertz CT molecular complexity index is 1010. The first kappa shape index (κ1) is 24.0. The molecule has 1 amide bonds. The minimum Gasteiger partial charge on any atom is -0.493 e. The number of pyridine rings is 1. The largest absolute Gasteiger partial charge is 0.493 e. The van der Waals surface area contributed by atoms with Gasteiger partial charge in [-0.1, -0.05) is 13.0 Å². The minimum absolute atomic E-state index is 0.178. The highest BCUT2D eigenvalue weighted by molar-refractivity contribution is 5.95. The first-order valence-electron chi connectivity index (χ1n) is 10.2. The van der Waals surface area contributed by atoms with Gasteiger partial charge in [0.15, 0.2) is 11.6 Å². The fourth-order valence-electron chi connectivity index (χ4n) is 3.97. The third-order valence-electron chi connectivity index (χ3n) is 6.18. The van der Waals surface area contributed by atoms with Crippen LogP contribution in [0.15, 0.2) is 30.5 Å². The molecular weight excluding hydrogens is 422 g/mol. The summed E-state index contributed by atoms with van der Waals surface area (Å²) in [6, 6.07) is 5.40. The first-order valence-corrected chi connectivity index (χ1v) is 10.2.